The highest BCUT2D eigenvalue weighted by Gasteiger charge is 2.30. The first-order valence-corrected chi connectivity index (χ1v) is 14.5. The Morgan fingerprint density at radius 3 is 1.71 bits per heavy atom. The topological polar surface area (TPSA) is 136 Å². The summed E-state index contributed by atoms with van der Waals surface area (Å²) in [5.41, 5.74) is 2.12. The number of benzene rings is 3. The van der Waals surface area contributed by atoms with Gasteiger partial charge in [0.05, 0.1) is 22.9 Å². The van der Waals surface area contributed by atoms with Gasteiger partial charge in [0.2, 0.25) is 0 Å². The smallest absolute Gasteiger partial charge is 0.269 e. The molecule has 5 rings (SSSR count). The Morgan fingerprint density at radius 1 is 0.756 bits per heavy atom. The van der Waals surface area contributed by atoms with Gasteiger partial charge in [-0.1, -0.05) is 6.42 Å². The molecule has 2 aliphatic rings. The van der Waals surface area contributed by atoms with E-state index in [9.17, 15) is 29.8 Å². The maximum Gasteiger partial charge on any atom is 0.269 e. The fourth-order valence-corrected chi connectivity index (χ4v) is 5.32. The molecule has 2 fully saturated rings. The van der Waals surface area contributed by atoms with Crippen molar-refractivity contribution in [3.8, 4) is 5.75 Å². The van der Waals surface area contributed by atoms with Gasteiger partial charge in [-0.15, -0.1) is 12.4 Å². The lowest BCUT2D eigenvalue weighted by Crippen LogP contribution is -2.41. The molecule has 3 aromatic carbocycles. The van der Waals surface area contributed by atoms with Gasteiger partial charge in [0.15, 0.2) is 5.78 Å². The molecule has 1 amide bonds. The van der Waals surface area contributed by atoms with Crippen molar-refractivity contribution in [1.82, 2.24) is 9.80 Å². The molecular weight excluding hydrogens is 600 g/mol. The molecule has 0 atom stereocenters. The van der Waals surface area contributed by atoms with E-state index < -0.39 is 9.85 Å². The first kappa shape index (κ1) is 33.0. The van der Waals surface area contributed by atoms with E-state index in [4.69, 9.17) is 4.74 Å². The second kappa shape index (κ2) is 15.2. The maximum atomic E-state index is 13.6. The van der Waals surface area contributed by atoms with Gasteiger partial charge in [-0.05, 0) is 97.7 Å². The third-order valence-corrected chi connectivity index (χ3v) is 7.71. The van der Waals surface area contributed by atoms with Crippen molar-refractivity contribution in [3.63, 3.8) is 0 Å². The van der Waals surface area contributed by atoms with Gasteiger partial charge in [-0.2, -0.15) is 0 Å². The van der Waals surface area contributed by atoms with Crippen LogP contribution in [0.5, 0.6) is 5.75 Å². The Hall–Kier alpha value is -4.87. The fourth-order valence-electron chi connectivity index (χ4n) is 5.32. The highest BCUT2D eigenvalue weighted by molar-refractivity contribution is 6.16. The van der Waals surface area contributed by atoms with E-state index in [1.165, 1.54) is 43.5 Å². The summed E-state index contributed by atoms with van der Waals surface area (Å²) >= 11 is 0. The average Bonchev–Trinajstić information content (AvgIpc) is 3.04. The molecule has 0 bridgehead atoms. The summed E-state index contributed by atoms with van der Waals surface area (Å²) in [6, 6.07) is 18.5. The summed E-state index contributed by atoms with van der Waals surface area (Å²) in [5.74, 6) is 0.120. The molecule has 0 aromatic heterocycles. The van der Waals surface area contributed by atoms with E-state index >= 15 is 0 Å². The van der Waals surface area contributed by atoms with Gasteiger partial charge in [-0.25, -0.2) is 0 Å². The Morgan fingerprint density at radius 2 is 1.24 bits per heavy atom. The molecule has 0 saturated carbocycles. The number of hydrogen-bond acceptors (Lipinski definition) is 8. The van der Waals surface area contributed by atoms with Crippen molar-refractivity contribution in [1.29, 1.82) is 0 Å². The fraction of sp³-hybridized carbons (Fsp3) is 0.273. The minimum atomic E-state index is -0.501. The summed E-state index contributed by atoms with van der Waals surface area (Å²) in [4.78, 5) is 52.2. The lowest BCUT2D eigenvalue weighted by molar-refractivity contribution is -0.385. The number of carbonyl (C=O) groups is 2. The van der Waals surface area contributed by atoms with Crippen LogP contribution in [0.4, 0.5) is 11.4 Å². The second-order valence-corrected chi connectivity index (χ2v) is 10.8. The Labute approximate surface area is 266 Å². The monoisotopic (exact) mass is 632 g/mol. The van der Waals surface area contributed by atoms with Crippen LogP contribution in [0.2, 0.25) is 0 Å². The number of amides is 1. The third kappa shape index (κ3) is 8.62. The number of piperidine rings is 2. The van der Waals surface area contributed by atoms with Crippen molar-refractivity contribution in [3.05, 3.63) is 121 Å². The molecule has 0 aliphatic carbocycles. The predicted molar refractivity (Wildman–Crippen MR) is 173 cm³/mol. The van der Waals surface area contributed by atoms with Gasteiger partial charge >= 0.3 is 0 Å². The summed E-state index contributed by atoms with van der Waals surface area (Å²) < 4.78 is 5.90. The number of rotatable bonds is 9. The molecule has 2 heterocycles. The molecule has 0 spiro atoms. The molecule has 234 valence electrons. The largest absolute Gasteiger partial charge is 0.492 e. The molecule has 11 nitrogen and oxygen atoms in total. The van der Waals surface area contributed by atoms with Crippen LogP contribution in [-0.2, 0) is 4.79 Å². The van der Waals surface area contributed by atoms with Gasteiger partial charge in [0.25, 0.3) is 17.3 Å². The quantitative estimate of drug-likeness (QED) is 0.160. The van der Waals surface area contributed by atoms with Crippen LogP contribution in [0, 0.1) is 20.2 Å². The summed E-state index contributed by atoms with van der Waals surface area (Å²) in [7, 11) is 0. The van der Waals surface area contributed by atoms with E-state index in [0.29, 0.717) is 40.2 Å². The molecular formula is C33H33ClN4O7. The molecule has 3 aromatic rings. The summed E-state index contributed by atoms with van der Waals surface area (Å²) in [5, 5.41) is 22.1. The van der Waals surface area contributed by atoms with E-state index in [2.05, 4.69) is 4.90 Å². The highest BCUT2D eigenvalue weighted by atomic mass is 35.5. The lowest BCUT2D eigenvalue weighted by atomic mass is 9.93. The van der Waals surface area contributed by atoms with Crippen LogP contribution in [0.3, 0.4) is 0 Å². The van der Waals surface area contributed by atoms with Crippen LogP contribution < -0.4 is 4.74 Å². The zero-order chi connectivity index (χ0) is 31.1. The number of nitrogens with zero attached hydrogens (tertiary/aromatic N) is 4. The number of ether oxygens (including phenoxy) is 1. The number of carbonyl (C=O) groups excluding carboxylic acids is 2. The number of non-ortho nitro benzene ring substituents is 2. The number of nitro groups is 2. The number of nitro benzene ring substituents is 2. The standard InChI is InChI=1S/C33H32N4O7.ClH/c38-32-27(20-24-4-10-29(11-5-24)36(40)41)22-35(23-28(32)21-25-6-12-30(13-7-25)37(42)43)33(39)26-8-14-31(15-9-26)44-19-18-34-16-2-1-3-17-34;/h4-15,20-21H,1-3,16-19,22-23H2;1H/b27-20+,28-21+;. The van der Waals surface area contributed by atoms with E-state index in [1.54, 1.807) is 65.6 Å². The van der Waals surface area contributed by atoms with Gasteiger partial charge in [0, 0.05) is 47.5 Å². The van der Waals surface area contributed by atoms with E-state index in [-0.39, 0.29) is 48.6 Å². The first-order chi connectivity index (χ1) is 21.3. The Balaban J connectivity index is 0.00000461. The molecule has 45 heavy (non-hydrogen) atoms. The van der Waals surface area contributed by atoms with Gasteiger partial charge in [0.1, 0.15) is 12.4 Å². The van der Waals surface area contributed by atoms with Gasteiger partial charge in [-0.3, -0.25) is 34.7 Å². The molecule has 0 radical (unpaired) electrons. The predicted octanol–water partition coefficient (Wildman–Crippen LogP) is 5.98. The molecule has 2 aliphatic heterocycles. The molecule has 12 heteroatoms. The van der Waals surface area contributed by atoms with Crippen LogP contribution in [-0.4, -0.2) is 70.7 Å². The number of Topliss-reactive ketones (excluding diaryl/α,β-unsaturated/α-hetero) is 1. The van der Waals surface area contributed by atoms with Crippen LogP contribution in [0.25, 0.3) is 12.2 Å². The minimum absolute atomic E-state index is 0. The minimum Gasteiger partial charge on any atom is -0.492 e. The summed E-state index contributed by atoms with van der Waals surface area (Å²) in [6.07, 6.45) is 6.95. The lowest BCUT2D eigenvalue weighted by Gasteiger charge is -2.30. The number of ketones is 1. The number of likely N-dealkylation sites (tertiary alicyclic amines) is 2. The zero-order valence-electron chi connectivity index (χ0n) is 24.5. The Bertz CT molecular complexity index is 1520. The van der Waals surface area contributed by atoms with Crippen LogP contribution >= 0.6 is 12.4 Å². The molecule has 2 saturated heterocycles. The Kier molecular flexibility index (Phi) is 11.2. The van der Waals surface area contributed by atoms with Crippen molar-refractivity contribution in [2.24, 2.45) is 0 Å². The van der Waals surface area contributed by atoms with E-state index in [0.717, 1.165) is 19.6 Å². The molecule has 0 unspecified atom stereocenters. The average molecular weight is 633 g/mol. The van der Waals surface area contributed by atoms with Gasteiger partial charge < -0.3 is 9.64 Å². The normalized spacial score (nSPS) is 17.2. The SMILES string of the molecule is Cl.O=C1/C(=C/c2ccc([N+](=O)[O-])cc2)CN(C(=O)c2ccc(OCCN3CCCCC3)cc2)C/C1=C\c1ccc([N+](=O)[O-])cc1. The first-order valence-electron chi connectivity index (χ1n) is 14.5. The number of halogens is 1. The van der Waals surface area contributed by atoms with Crippen molar-refractivity contribution in [2.75, 3.05) is 39.3 Å². The van der Waals surface area contributed by atoms with Crippen LogP contribution in [0.15, 0.2) is 83.9 Å². The summed E-state index contributed by atoms with van der Waals surface area (Å²) in [6.45, 7) is 3.69. The van der Waals surface area contributed by atoms with Crippen molar-refractivity contribution in [2.45, 2.75) is 19.3 Å². The van der Waals surface area contributed by atoms with Crippen molar-refractivity contribution >= 4 is 47.6 Å². The van der Waals surface area contributed by atoms with Crippen LogP contribution in [0.1, 0.15) is 40.7 Å². The second-order valence-electron chi connectivity index (χ2n) is 10.8. The maximum absolute atomic E-state index is 13.6. The third-order valence-electron chi connectivity index (χ3n) is 7.71. The highest BCUT2D eigenvalue weighted by Crippen LogP contribution is 2.26. The number of hydrogen-bond donors (Lipinski definition) is 0. The van der Waals surface area contributed by atoms with Crippen molar-refractivity contribution < 1.29 is 24.2 Å². The molecule has 0 N–H and O–H groups in total. The zero-order valence-corrected chi connectivity index (χ0v) is 25.3. The van der Waals surface area contributed by atoms with E-state index in [1.807, 2.05) is 0 Å².